The minimum absolute atomic E-state index is 0.538. The van der Waals surface area contributed by atoms with Gasteiger partial charge in [-0.3, -0.25) is 0 Å². The lowest BCUT2D eigenvalue weighted by Crippen LogP contribution is -2.08. The van der Waals surface area contributed by atoms with E-state index in [1.807, 2.05) is 50.5 Å². The molecule has 2 rings (SSSR count). The minimum atomic E-state index is 0.538. The Morgan fingerprint density at radius 3 is 2.22 bits per heavy atom. The maximum absolute atomic E-state index is 6.12. The first-order chi connectivity index (χ1) is 8.58. The van der Waals surface area contributed by atoms with Crippen LogP contribution in [0, 0.1) is 0 Å². The van der Waals surface area contributed by atoms with Crippen LogP contribution in [-0.2, 0) is 0 Å². The number of halogens is 2. The van der Waals surface area contributed by atoms with Crippen molar-refractivity contribution >= 4 is 40.3 Å². The highest BCUT2D eigenvalue weighted by molar-refractivity contribution is 6.43. The predicted molar refractivity (Wildman–Crippen MR) is 80.5 cm³/mol. The molecule has 1 N–H and O–H groups in total. The Hall–Kier alpha value is -1.38. The standard InChI is InChI=1S/C14H14Cl2N2/c1-18(2)11-8-6-10(7-9-11)17-13-5-3-4-12(15)14(13)16/h3-9,17H,1-2H3. The zero-order chi connectivity index (χ0) is 13.1. The van der Waals surface area contributed by atoms with E-state index in [2.05, 4.69) is 10.2 Å². The van der Waals surface area contributed by atoms with E-state index in [-0.39, 0.29) is 0 Å². The van der Waals surface area contributed by atoms with Crippen LogP contribution in [0.4, 0.5) is 17.1 Å². The Kier molecular flexibility index (Phi) is 4.00. The molecule has 0 atom stereocenters. The highest BCUT2D eigenvalue weighted by Gasteiger charge is 2.04. The summed E-state index contributed by atoms with van der Waals surface area (Å²) in [6, 6.07) is 13.6. The summed E-state index contributed by atoms with van der Waals surface area (Å²) in [6.07, 6.45) is 0. The van der Waals surface area contributed by atoms with E-state index in [4.69, 9.17) is 23.2 Å². The summed E-state index contributed by atoms with van der Waals surface area (Å²) in [7, 11) is 4.02. The highest BCUT2D eigenvalue weighted by Crippen LogP contribution is 2.31. The monoisotopic (exact) mass is 280 g/mol. The molecule has 0 amide bonds. The average Bonchev–Trinajstić information content (AvgIpc) is 2.36. The SMILES string of the molecule is CN(C)c1ccc(Nc2cccc(Cl)c2Cl)cc1. The van der Waals surface area contributed by atoms with Crippen molar-refractivity contribution in [3.8, 4) is 0 Å². The average molecular weight is 281 g/mol. The van der Waals surface area contributed by atoms with Gasteiger partial charge in [-0.05, 0) is 36.4 Å². The molecule has 2 aromatic carbocycles. The molecule has 0 fully saturated rings. The van der Waals surface area contributed by atoms with Gasteiger partial charge in [0.2, 0.25) is 0 Å². The molecule has 0 saturated heterocycles. The van der Waals surface area contributed by atoms with Gasteiger partial charge in [0.25, 0.3) is 0 Å². The van der Waals surface area contributed by atoms with Crippen molar-refractivity contribution in [1.29, 1.82) is 0 Å². The van der Waals surface area contributed by atoms with Crippen LogP contribution in [-0.4, -0.2) is 14.1 Å². The summed E-state index contributed by atoms with van der Waals surface area (Å²) in [5.41, 5.74) is 2.93. The molecule has 4 heteroatoms. The Morgan fingerprint density at radius 1 is 0.944 bits per heavy atom. The van der Waals surface area contributed by atoms with Crippen LogP contribution in [0.25, 0.3) is 0 Å². The Labute approximate surface area is 117 Å². The second kappa shape index (κ2) is 5.51. The predicted octanol–water partition coefficient (Wildman–Crippen LogP) is 4.80. The van der Waals surface area contributed by atoms with E-state index >= 15 is 0 Å². The Balaban J connectivity index is 2.21. The third-order valence-corrected chi connectivity index (χ3v) is 3.43. The molecule has 0 spiro atoms. The Morgan fingerprint density at radius 2 is 1.61 bits per heavy atom. The summed E-state index contributed by atoms with van der Waals surface area (Å²) in [6.45, 7) is 0. The van der Waals surface area contributed by atoms with Gasteiger partial charge in [-0.15, -0.1) is 0 Å². The molecule has 2 aromatic rings. The first-order valence-electron chi connectivity index (χ1n) is 5.56. The maximum Gasteiger partial charge on any atom is 0.0827 e. The van der Waals surface area contributed by atoms with Crippen LogP contribution < -0.4 is 10.2 Å². The lowest BCUT2D eigenvalue weighted by molar-refractivity contribution is 1.13. The van der Waals surface area contributed by atoms with Gasteiger partial charge >= 0.3 is 0 Å². The summed E-state index contributed by atoms with van der Waals surface area (Å²) in [5, 5.41) is 4.33. The molecule has 2 nitrogen and oxygen atoms in total. The smallest absolute Gasteiger partial charge is 0.0827 e. The second-order valence-corrected chi connectivity index (χ2v) is 4.95. The number of hydrogen-bond donors (Lipinski definition) is 1. The van der Waals surface area contributed by atoms with Crippen LogP contribution in [0.1, 0.15) is 0 Å². The van der Waals surface area contributed by atoms with Gasteiger partial charge in [-0.1, -0.05) is 29.3 Å². The lowest BCUT2D eigenvalue weighted by Gasteiger charge is -2.14. The molecule has 0 saturated carbocycles. The summed E-state index contributed by atoms with van der Waals surface area (Å²) >= 11 is 12.1. The fourth-order valence-corrected chi connectivity index (χ4v) is 1.95. The van der Waals surface area contributed by atoms with E-state index in [0.29, 0.717) is 10.0 Å². The molecule has 0 aliphatic heterocycles. The van der Waals surface area contributed by atoms with E-state index < -0.39 is 0 Å². The van der Waals surface area contributed by atoms with Crippen molar-refractivity contribution < 1.29 is 0 Å². The summed E-state index contributed by atoms with van der Waals surface area (Å²) < 4.78 is 0. The maximum atomic E-state index is 6.12. The van der Waals surface area contributed by atoms with E-state index in [1.165, 1.54) is 0 Å². The zero-order valence-corrected chi connectivity index (χ0v) is 11.8. The Bertz CT molecular complexity index is 536. The summed E-state index contributed by atoms with van der Waals surface area (Å²) in [4.78, 5) is 2.05. The van der Waals surface area contributed by atoms with Crippen molar-refractivity contribution in [2.45, 2.75) is 0 Å². The topological polar surface area (TPSA) is 15.3 Å². The van der Waals surface area contributed by atoms with Gasteiger partial charge in [0.15, 0.2) is 0 Å². The van der Waals surface area contributed by atoms with Gasteiger partial charge in [-0.2, -0.15) is 0 Å². The largest absolute Gasteiger partial charge is 0.378 e. The normalized spacial score (nSPS) is 10.2. The molecule has 0 aliphatic rings. The highest BCUT2D eigenvalue weighted by atomic mass is 35.5. The van der Waals surface area contributed by atoms with Crippen LogP contribution in [0.2, 0.25) is 10.0 Å². The van der Waals surface area contributed by atoms with E-state index in [0.717, 1.165) is 17.1 Å². The van der Waals surface area contributed by atoms with Crippen LogP contribution in [0.15, 0.2) is 42.5 Å². The molecule has 18 heavy (non-hydrogen) atoms. The fourth-order valence-electron chi connectivity index (χ4n) is 1.60. The molecular weight excluding hydrogens is 267 g/mol. The van der Waals surface area contributed by atoms with E-state index in [1.54, 1.807) is 6.07 Å². The molecule has 94 valence electrons. The van der Waals surface area contributed by atoms with Gasteiger partial charge in [0, 0.05) is 25.5 Å². The fraction of sp³-hybridized carbons (Fsp3) is 0.143. The van der Waals surface area contributed by atoms with Crippen molar-refractivity contribution in [1.82, 2.24) is 0 Å². The van der Waals surface area contributed by atoms with Gasteiger partial charge < -0.3 is 10.2 Å². The molecule has 0 heterocycles. The quantitative estimate of drug-likeness (QED) is 0.869. The second-order valence-electron chi connectivity index (χ2n) is 4.17. The molecule has 0 aromatic heterocycles. The van der Waals surface area contributed by atoms with Crippen molar-refractivity contribution in [2.75, 3.05) is 24.3 Å². The molecule has 0 unspecified atom stereocenters. The van der Waals surface area contributed by atoms with E-state index in [9.17, 15) is 0 Å². The molecule has 0 radical (unpaired) electrons. The van der Waals surface area contributed by atoms with Crippen molar-refractivity contribution in [2.24, 2.45) is 0 Å². The molecule has 0 aliphatic carbocycles. The molecule has 0 bridgehead atoms. The first-order valence-corrected chi connectivity index (χ1v) is 6.32. The summed E-state index contributed by atoms with van der Waals surface area (Å²) in [5.74, 6) is 0. The number of nitrogens with one attached hydrogen (secondary N) is 1. The van der Waals surface area contributed by atoms with Crippen molar-refractivity contribution in [3.63, 3.8) is 0 Å². The third-order valence-electron chi connectivity index (χ3n) is 2.61. The van der Waals surface area contributed by atoms with Crippen LogP contribution in [0.5, 0.6) is 0 Å². The zero-order valence-electron chi connectivity index (χ0n) is 10.2. The number of rotatable bonds is 3. The van der Waals surface area contributed by atoms with Gasteiger partial charge in [0.1, 0.15) is 0 Å². The molecular formula is C14H14Cl2N2. The third kappa shape index (κ3) is 2.89. The van der Waals surface area contributed by atoms with Crippen molar-refractivity contribution in [3.05, 3.63) is 52.5 Å². The number of benzene rings is 2. The minimum Gasteiger partial charge on any atom is -0.378 e. The number of nitrogens with zero attached hydrogens (tertiary/aromatic N) is 1. The number of hydrogen-bond acceptors (Lipinski definition) is 2. The first kappa shape index (κ1) is 13.1. The van der Waals surface area contributed by atoms with Gasteiger partial charge in [0.05, 0.1) is 15.7 Å². The van der Waals surface area contributed by atoms with Crippen LogP contribution >= 0.6 is 23.2 Å². The number of anilines is 3. The van der Waals surface area contributed by atoms with Crippen LogP contribution in [0.3, 0.4) is 0 Å². The van der Waals surface area contributed by atoms with Gasteiger partial charge in [-0.25, -0.2) is 0 Å². The lowest BCUT2D eigenvalue weighted by atomic mass is 10.2.